The number of hydrogen-bond acceptors (Lipinski definition) is 4. The third-order valence-corrected chi connectivity index (χ3v) is 3.38. The minimum Gasteiger partial charge on any atom is -0.381 e. The van der Waals surface area contributed by atoms with Crippen LogP contribution in [0.2, 0.25) is 0 Å². The summed E-state index contributed by atoms with van der Waals surface area (Å²) < 4.78 is 0. The van der Waals surface area contributed by atoms with Crippen LogP contribution in [0.15, 0.2) is 48.5 Å². The lowest BCUT2D eigenvalue weighted by Gasteiger charge is -2.10. The first-order chi connectivity index (χ1) is 11.4. The van der Waals surface area contributed by atoms with Gasteiger partial charge in [0.1, 0.15) is 0 Å². The Kier molecular flexibility index (Phi) is 5.89. The Balaban J connectivity index is 1.94. The van der Waals surface area contributed by atoms with E-state index in [0.717, 1.165) is 16.9 Å². The van der Waals surface area contributed by atoms with Gasteiger partial charge in [0, 0.05) is 36.5 Å². The summed E-state index contributed by atoms with van der Waals surface area (Å²) in [6.07, 6.45) is 0.487. The molecule has 126 valence electrons. The highest BCUT2D eigenvalue weighted by Crippen LogP contribution is 2.18. The van der Waals surface area contributed by atoms with Gasteiger partial charge < -0.3 is 10.6 Å². The quantitative estimate of drug-likeness (QED) is 0.590. The van der Waals surface area contributed by atoms with Crippen LogP contribution >= 0.6 is 0 Å². The number of nitro groups is 1. The van der Waals surface area contributed by atoms with Crippen molar-refractivity contribution in [3.63, 3.8) is 0 Å². The van der Waals surface area contributed by atoms with E-state index in [9.17, 15) is 14.9 Å². The van der Waals surface area contributed by atoms with Crippen molar-refractivity contribution in [2.75, 3.05) is 10.6 Å². The summed E-state index contributed by atoms with van der Waals surface area (Å²) in [5, 5.41) is 16.8. The summed E-state index contributed by atoms with van der Waals surface area (Å²) in [4.78, 5) is 22.0. The lowest BCUT2D eigenvalue weighted by atomic mass is 10.1. The molecule has 0 saturated carbocycles. The van der Waals surface area contributed by atoms with Crippen molar-refractivity contribution in [2.45, 2.75) is 26.8 Å². The second kappa shape index (κ2) is 8.10. The molecule has 6 nitrogen and oxygen atoms in total. The first kappa shape index (κ1) is 17.5. The average Bonchev–Trinajstić information content (AvgIpc) is 2.53. The van der Waals surface area contributed by atoms with Crippen LogP contribution < -0.4 is 10.6 Å². The van der Waals surface area contributed by atoms with Crippen molar-refractivity contribution >= 4 is 23.0 Å². The fourth-order valence-electron chi connectivity index (χ4n) is 2.23. The highest BCUT2D eigenvalue weighted by Gasteiger charge is 2.06. The molecule has 0 spiro atoms. The third kappa shape index (κ3) is 5.39. The van der Waals surface area contributed by atoms with Gasteiger partial charge in [-0.1, -0.05) is 32.0 Å². The maximum atomic E-state index is 11.8. The Hall–Kier alpha value is -2.89. The normalized spacial score (nSPS) is 10.5. The standard InChI is InChI=1S/C18H21N3O3/c1-13(2)10-18(22)20-16-5-3-4-15(11-16)19-12-14-6-8-17(9-7-14)21(23)24/h3-9,11,13,19H,10,12H2,1-2H3,(H,20,22). The number of nitrogens with zero attached hydrogens (tertiary/aromatic N) is 1. The summed E-state index contributed by atoms with van der Waals surface area (Å²) in [6, 6.07) is 13.9. The third-order valence-electron chi connectivity index (χ3n) is 3.38. The molecule has 2 N–H and O–H groups in total. The average molecular weight is 327 g/mol. The van der Waals surface area contributed by atoms with Crippen molar-refractivity contribution in [1.29, 1.82) is 0 Å². The van der Waals surface area contributed by atoms with Crippen LogP contribution in [0.5, 0.6) is 0 Å². The van der Waals surface area contributed by atoms with E-state index in [-0.39, 0.29) is 11.6 Å². The van der Waals surface area contributed by atoms with E-state index in [1.807, 2.05) is 38.1 Å². The number of non-ortho nitro benzene ring substituents is 1. The van der Waals surface area contributed by atoms with Crippen LogP contribution in [-0.4, -0.2) is 10.8 Å². The summed E-state index contributed by atoms with van der Waals surface area (Å²) in [6.45, 7) is 4.55. The number of amides is 1. The Morgan fingerprint density at radius 3 is 2.42 bits per heavy atom. The van der Waals surface area contributed by atoms with Crippen molar-refractivity contribution < 1.29 is 9.72 Å². The molecular weight excluding hydrogens is 306 g/mol. The fraction of sp³-hybridized carbons (Fsp3) is 0.278. The molecule has 0 atom stereocenters. The smallest absolute Gasteiger partial charge is 0.269 e. The van der Waals surface area contributed by atoms with Gasteiger partial charge in [-0.15, -0.1) is 0 Å². The molecule has 24 heavy (non-hydrogen) atoms. The Bertz CT molecular complexity index is 712. The molecule has 0 bridgehead atoms. The minimum absolute atomic E-state index is 0.00230. The van der Waals surface area contributed by atoms with E-state index in [1.54, 1.807) is 12.1 Å². The maximum Gasteiger partial charge on any atom is 0.269 e. The zero-order valence-corrected chi connectivity index (χ0v) is 13.8. The summed E-state index contributed by atoms with van der Waals surface area (Å²) in [5.41, 5.74) is 2.63. The Labute approximate surface area is 141 Å². The molecule has 0 fully saturated rings. The fourth-order valence-corrected chi connectivity index (χ4v) is 2.23. The van der Waals surface area contributed by atoms with Crippen LogP contribution in [0.4, 0.5) is 17.1 Å². The highest BCUT2D eigenvalue weighted by atomic mass is 16.6. The van der Waals surface area contributed by atoms with Gasteiger partial charge in [0.2, 0.25) is 5.91 Å². The highest BCUT2D eigenvalue weighted by molar-refractivity contribution is 5.91. The van der Waals surface area contributed by atoms with Crippen molar-refractivity contribution in [3.05, 3.63) is 64.2 Å². The van der Waals surface area contributed by atoms with Crippen LogP contribution in [0.3, 0.4) is 0 Å². The molecule has 2 rings (SSSR count). The van der Waals surface area contributed by atoms with Gasteiger partial charge in [0.15, 0.2) is 0 Å². The predicted molar refractivity (Wildman–Crippen MR) is 94.9 cm³/mol. The van der Waals surface area contributed by atoms with Gasteiger partial charge in [-0.2, -0.15) is 0 Å². The first-order valence-corrected chi connectivity index (χ1v) is 7.81. The minimum atomic E-state index is -0.416. The number of hydrogen-bond donors (Lipinski definition) is 2. The van der Waals surface area contributed by atoms with Crippen molar-refractivity contribution in [1.82, 2.24) is 0 Å². The van der Waals surface area contributed by atoms with E-state index in [0.29, 0.717) is 18.9 Å². The van der Waals surface area contributed by atoms with Gasteiger partial charge in [0.05, 0.1) is 4.92 Å². The number of anilines is 2. The molecule has 0 radical (unpaired) electrons. The molecule has 0 saturated heterocycles. The van der Waals surface area contributed by atoms with E-state index in [1.165, 1.54) is 12.1 Å². The molecule has 0 heterocycles. The Morgan fingerprint density at radius 2 is 1.79 bits per heavy atom. The van der Waals surface area contributed by atoms with Gasteiger partial charge in [-0.3, -0.25) is 14.9 Å². The van der Waals surface area contributed by atoms with Crippen LogP contribution in [-0.2, 0) is 11.3 Å². The van der Waals surface area contributed by atoms with E-state index < -0.39 is 4.92 Å². The van der Waals surface area contributed by atoms with E-state index in [2.05, 4.69) is 10.6 Å². The molecule has 2 aromatic rings. The van der Waals surface area contributed by atoms with E-state index >= 15 is 0 Å². The number of benzene rings is 2. The van der Waals surface area contributed by atoms with Crippen molar-refractivity contribution in [2.24, 2.45) is 5.92 Å². The summed E-state index contributed by atoms with van der Waals surface area (Å²) in [5.74, 6) is 0.311. The zero-order chi connectivity index (χ0) is 17.5. The largest absolute Gasteiger partial charge is 0.381 e. The van der Waals surface area contributed by atoms with Crippen molar-refractivity contribution in [3.8, 4) is 0 Å². The zero-order valence-electron chi connectivity index (χ0n) is 13.8. The predicted octanol–water partition coefficient (Wildman–Crippen LogP) is 4.19. The van der Waals surface area contributed by atoms with Crippen LogP contribution in [0, 0.1) is 16.0 Å². The van der Waals surface area contributed by atoms with Crippen LogP contribution in [0.1, 0.15) is 25.8 Å². The van der Waals surface area contributed by atoms with Gasteiger partial charge in [-0.05, 0) is 29.7 Å². The number of carbonyl (C=O) groups is 1. The van der Waals surface area contributed by atoms with Gasteiger partial charge >= 0.3 is 0 Å². The van der Waals surface area contributed by atoms with E-state index in [4.69, 9.17) is 0 Å². The summed E-state index contributed by atoms with van der Waals surface area (Å²) in [7, 11) is 0. The SMILES string of the molecule is CC(C)CC(=O)Nc1cccc(NCc2ccc([N+](=O)[O-])cc2)c1. The molecular formula is C18H21N3O3. The number of carbonyl (C=O) groups excluding carboxylic acids is 1. The maximum absolute atomic E-state index is 11.8. The number of nitro benzene ring substituents is 1. The topological polar surface area (TPSA) is 84.3 Å². The molecule has 0 aliphatic heterocycles. The molecule has 0 aliphatic carbocycles. The van der Waals surface area contributed by atoms with Gasteiger partial charge in [0.25, 0.3) is 5.69 Å². The molecule has 0 unspecified atom stereocenters. The number of nitrogens with one attached hydrogen (secondary N) is 2. The lowest BCUT2D eigenvalue weighted by molar-refractivity contribution is -0.384. The molecule has 6 heteroatoms. The lowest BCUT2D eigenvalue weighted by Crippen LogP contribution is -2.13. The Morgan fingerprint density at radius 1 is 1.12 bits per heavy atom. The summed E-state index contributed by atoms with van der Waals surface area (Å²) >= 11 is 0. The molecule has 0 aliphatic rings. The van der Waals surface area contributed by atoms with Crippen LogP contribution in [0.25, 0.3) is 0 Å². The first-order valence-electron chi connectivity index (χ1n) is 7.81. The van der Waals surface area contributed by atoms with Gasteiger partial charge in [-0.25, -0.2) is 0 Å². The second-order valence-corrected chi connectivity index (χ2v) is 6.00. The number of rotatable bonds is 7. The second-order valence-electron chi connectivity index (χ2n) is 6.00. The molecule has 2 aromatic carbocycles. The monoisotopic (exact) mass is 327 g/mol. The molecule has 1 amide bonds. The molecule has 0 aromatic heterocycles.